The number of anilines is 1. The predicted molar refractivity (Wildman–Crippen MR) is 161 cm³/mol. The normalized spacial score (nSPS) is 17.4. The maximum Gasteiger partial charge on any atom is 0.263 e. The topological polar surface area (TPSA) is 102 Å². The van der Waals surface area contributed by atoms with Crippen LogP contribution < -0.4 is 15.1 Å². The number of hydrogen-bond donors (Lipinski definition) is 2. The number of fused-ring (bicyclic) bond motifs is 1. The average molecular weight is 649 g/mol. The summed E-state index contributed by atoms with van der Waals surface area (Å²) in [5.74, 6) is -3.67. The predicted octanol–water partition coefficient (Wildman–Crippen LogP) is 4.87. The average Bonchev–Trinajstić information content (AvgIpc) is 3.01. The summed E-state index contributed by atoms with van der Waals surface area (Å²) in [6, 6.07) is 17.5. The number of halogens is 3. The minimum absolute atomic E-state index is 0.0573. The number of nitrogens with one attached hydrogen (secondary N) is 1. The molecule has 1 aliphatic rings. The highest BCUT2D eigenvalue weighted by Crippen LogP contribution is 2.32. The molecule has 2 unspecified atom stereocenters. The van der Waals surface area contributed by atoms with Crippen LogP contribution in [0.3, 0.4) is 0 Å². The summed E-state index contributed by atoms with van der Waals surface area (Å²) < 4.78 is 65.3. The number of rotatable bonds is 8. The van der Waals surface area contributed by atoms with E-state index in [1.807, 2.05) is 43.3 Å². The van der Waals surface area contributed by atoms with Crippen LogP contribution in [-0.2, 0) is 26.8 Å². The van der Waals surface area contributed by atoms with Gasteiger partial charge in [-0.3, -0.25) is 10.0 Å². The molecule has 0 bridgehead atoms. The Labute approximate surface area is 256 Å². The molecule has 1 fully saturated rings. The molecule has 0 radical (unpaired) electrons. The molecule has 14 heteroatoms. The number of ether oxygens (including phenoxy) is 1. The van der Waals surface area contributed by atoms with Crippen LogP contribution in [0.15, 0.2) is 82.6 Å². The summed E-state index contributed by atoms with van der Waals surface area (Å²) in [5, 5.41) is 11.5. The van der Waals surface area contributed by atoms with E-state index in [2.05, 4.69) is 0 Å². The Balaban J connectivity index is 1.38. The molecule has 1 saturated heterocycles. The molecule has 0 aromatic heterocycles. The van der Waals surface area contributed by atoms with E-state index >= 15 is 0 Å². The molecule has 9 nitrogen and oxygen atoms in total. The Hall–Kier alpha value is -3.46. The molecule has 5 rings (SSSR count). The minimum atomic E-state index is -2.22. The molecule has 4 aromatic rings. The summed E-state index contributed by atoms with van der Waals surface area (Å²) in [4.78, 5) is 14.9. The summed E-state index contributed by atoms with van der Waals surface area (Å²) in [6.07, 6.45) is 0. The molecule has 226 valence electrons. The van der Waals surface area contributed by atoms with Crippen LogP contribution in [0.25, 0.3) is 10.8 Å². The van der Waals surface area contributed by atoms with E-state index < -0.39 is 51.3 Å². The zero-order valence-electron chi connectivity index (χ0n) is 23.0. The van der Waals surface area contributed by atoms with Crippen LogP contribution in [0.5, 0.6) is 11.5 Å². The van der Waals surface area contributed by atoms with Crippen LogP contribution in [0, 0.1) is 11.6 Å². The van der Waals surface area contributed by atoms with Gasteiger partial charge in [-0.05, 0) is 65.4 Å². The van der Waals surface area contributed by atoms with Crippen molar-refractivity contribution in [3.8, 4) is 11.5 Å². The van der Waals surface area contributed by atoms with Crippen molar-refractivity contribution in [2.45, 2.75) is 15.8 Å². The molecule has 3 atom stereocenters. The zero-order valence-corrected chi connectivity index (χ0v) is 25.4. The maximum atomic E-state index is 15.0. The fourth-order valence-corrected chi connectivity index (χ4v) is 7.50. The lowest BCUT2D eigenvalue weighted by Gasteiger charge is -2.38. The Kier molecular flexibility index (Phi) is 9.39. The first-order chi connectivity index (χ1) is 20.6. The van der Waals surface area contributed by atoms with Gasteiger partial charge in [-0.25, -0.2) is 31.3 Å². The Morgan fingerprint density at radius 2 is 1.70 bits per heavy atom. The number of hydrogen-bond acceptors (Lipinski definition) is 6. The van der Waals surface area contributed by atoms with E-state index in [-0.39, 0.29) is 30.3 Å². The van der Waals surface area contributed by atoms with E-state index in [4.69, 9.17) is 16.3 Å². The second kappa shape index (κ2) is 13.0. The van der Waals surface area contributed by atoms with Crippen LogP contribution in [0.2, 0.25) is 5.02 Å². The standard InChI is InChI=1S/C29H27ClF2N4O5S2/c1-34(2)20-8-11-23-18(14-20)4-3-5-27(23)43(40)35-12-13-36(26(17-35)29(37)33-38)42(39)22-15-24(31)28(25(32)16-22)41-21-9-6-19(30)7-10-21/h3-11,14-16,26,38H,12-13,17H2,1-2H3,(H,33,37)/t26-,42?,43?/m1/s1. The van der Waals surface area contributed by atoms with E-state index in [9.17, 15) is 27.2 Å². The van der Waals surface area contributed by atoms with Crippen molar-refractivity contribution >= 4 is 55.9 Å². The van der Waals surface area contributed by atoms with Gasteiger partial charge in [0.2, 0.25) is 0 Å². The van der Waals surface area contributed by atoms with Gasteiger partial charge in [0.1, 0.15) is 33.8 Å². The van der Waals surface area contributed by atoms with Gasteiger partial charge in [0.25, 0.3) is 5.91 Å². The van der Waals surface area contributed by atoms with Gasteiger partial charge in [0, 0.05) is 44.4 Å². The second-order valence-electron chi connectivity index (χ2n) is 9.85. The van der Waals surface area contributed by atoms with E-state index in [1.165, 1.54) is 32.9 Å². The number of benzene rings is 4. The maximum absolute atomic E-state index is 15.0. The molecular formula is C29H27ClF2N4O5S2. The Morgan fingerprint density at radius 1 is 1.00 bits per heavy atom. The largest absolute Gasteiger partial charge is 0.451 e. The Morgan fingerprint density at radius 3 is 2.35 bits per heavy atom. The van der Waals surface area contributed by atoms with Gasteiger partial charge < -0.3 is 9.64 Å². The van der Waals surface area contributed by atoms with Gasteiger partial charge in [0.15, 0.2) is 17.4 Å². The number of piperazine rings is 1. The van der Waals surface area contributed by atoms with Crippen molar-refractivity contribution in [1.82, 2.24) is 14.1 Å². The molecule has 0 spiro atoms. The third kappa shape index (κ3) is 6.56. The molecule has 4 aromatic carbocycles. The summed E-state index contributed by atoms with van der Waals surface area (Å²) in [7, 11) is -0.0982. The molecule has 0 aliphatic carbocycles. The second-order valence-corrected chi connectivity index (χ2v) is 13.2. The third-order valence-corrected chi connectivity index (χ3v) is 10.2. The molecule has 0 saturated carbocycles. The monoisotopic (exact) mass is 648 g/mol. The molecule has 43 heavy (non-hydrogen) atoms. The number of carbonyl (C=O) groups is 1. The van der Waals surface area contributed by atoms with E-state index in [0.29, 0.717) is 9.92 Å². The first-order valence-corrected chi connectivity index (χ1v) is 15.6. The highest BCUT2D eigenvalue weighted by atomic mass is 35.5. The molecule has 1 amide bonds. The van der Waals surface area contributed by atoms with Crippen molar-refractivity contribution in [1.29, 1.82) is 0 Å². The van der Waals surface area contributed by atoms with E-state index in [1.54, 1.807) is 17.6 Å². The van der Waals surface area contributed by atoms with Crippen LogP contribution in [-0.4, -0.2) is 67.9 Å². The molecular weight excluding hydrogens is 622 g/mol. The van der Waals surface area contributed by atoms with Crippen LogP contribution in [0.4, 0.5) is 14.5 Å². The lowest BCUT2D eigenvalue weighted by molar-refractivity contribution is -0.134. The fraction of sp³-hybridized carbons (Fsp3) is 0.207. The first-order valence-electron chi connectivity index (χ1n) is 13.0. The van der Waals surface area contributed by atoms with Gasteiger partial charge >= 0.3 is 0 Å². The molecule has 2 N–H and O–H groups in total. The first kappa shape index (κ1) is 31.0. The lowest BCUT2D eigenvalue weighted by atomic mass is 10.1. The SMILES string of the molecule is CN(C)c1ccc2c(S(=O)N3CCN(S(=O)c4cc(F)c(Oc5ccc(Cl)cc5)c(F)c4)[C@@H](C(=O)NO)C3)cccc2c1. The number of nitrogens with zero attached hydrogens (tertiary/aromatic N) is 3. The quantitative estimate of drug-likeness (QED) is 0.209. The fourth-order valence-electron chi connectivity index (χ4n) is 4.68. The zero-order chi connectivity index (χ0) is 30.8. The summed E-state index contributed by atoms with van der Waals surface area (Å²) in [6.45, 7) is -0.125. The van der Waals surface area contributed by atoms with Crippen molar-refractivity contribution in [3.05, 3.63) is 89.5 Å². The number of carbonyl (C=O) groups excluding carboxylic acids is 1. The minimum Gasteiger partial charge on any atom is -0.451 e. The Bertz CT molecular complexity index is 1700. The molecule has 1 heterocycles. The summed E-state index contributed by atoms with van der Waals surface area (Å²) in [5.41, 5.74) is 2.53. The van der Waals surface area contributed by atoms with Crippen molar-refractivity contribution < 1.29 is 31.9 Å². The third-order valence-electron chi connectivity index (χ3n) is 6.89. The van der Waals surface area contributed by atoms with E-state index in [0.717, 1.165) is 28.6 Å². The van der Waals surface area contributed by atoms with Crippen molar-refractivity contribution in [2.24, 2.45) is 0 Å². The van der Waals surface area contributed by atoms with Crippen LogP contribution >= 0.6 is 11.6 Å². The highest BCUT2D eigenvalue weighted by molar-refractivity contribution is 7.83. The van der Waals surface area contributed by atoms with Gasteiger partial charge in [-0.1, -0.05) is 29.8 Å². The highest BCUT2D eigenvalue weighted by Gasteiger charge is 2.39. The summed E-state index contributed by atoms with van der Waals surface area (Å²) >= 11 is 5.84. The lowest BCUT2D eigenvalue weighted by Crippen LogP contribution is -2.59. The van der Waals surface area contributed by atoms with Gasteiger partial charge in [0.05, 0.1) is 9.79 Å². The number of hydroxylamine groups is 1. The van der Waals surface area contributed by atoms with Gasteiger partial charge in [-0.2, -0.15) is 0 Å². The van der Waals surface area contributed by atoms with Crippen LogP contribution in [0.1, 0.15) is 0 Å². The molecule has 1 aliphatic heterocycles. The van der Waals surface area contributed by atoms with Gasteiger partial charge in [-0.15, -0.1) is 0 Å². The van der Waals surface area contributed by atoms with Crippen molar-refractivity contribution in [3.63, 3.8) is 0 Å². The smallest absolute Gasteiger partial charge is 0.263 e. The number of amides is 1. The van der Waals surface area contributed by atoms with Crippen molar-refractivity contribution in [2.75, 3.05) is 38.6 Å².